The van der Waals surface area contributed by atoms with Crippen LogP contribution in [0.1, 0.15) is 0 Å². The Labute approximate surface area is 225 Å². The van der Waals surface area contributed by atoms with Gasteiger partial charge in [-0.3, -0.25) is 4.79 Å². The maximum Gasteiger partial charge on any atom is 0.247 e. The first kappa shape index (κ1) is 28.0. The molecule has 12 heteroatoms. The molecule has 9 nitrogen and oxygen atoms in total. The largest absolute Gasteiger partial charge is 0.494 e. The summed E-state index contributed by atoms with van der Waals surface area (Å²) in [7, 11) is 7.46. The van der Waals surface area contributed by atoms with Crippen LogP contribution in [-0.2, 0) is 4.79 Å². The van der Waals surface area contributed by atoms with Crippen molar-refractivity contribution in [2.24, 2.45) is 0 Å². The fourth-order valence-corrected chi connectivity index (χ4v) is 3.61. The molecule has 0 fully saturated rings. The molecule has 0 unspecified atom stereocenters. The van der Waals surface area contributed by atoms with Gasteiger partial charge in [-0.05, 0) is 38.4 Å². The van der Waals surface area contributed by atoms with E-state index < -0.39 is 5.82 Å². The third kappa shape index (κ3) is 7.22. The Morgan fingerprint density at radius 1 is 1.05 bits per heavy atom. The summed E-state index contributed by atoms with van der Waals surface area (Å²) in [5, 5.41) is 8.81. The van der Waals surface area contributed by atoms with Crippen molar-refractivity contribution >= 4 is 63.5 Å². The summed E-state index contributed by atoms with van der Waals surface area (Å²) >= 11 is 11.8. The Morgan fingerprint density at radius 2 is 1.73 bits per heavy atom. The second kappa shape index (κ2) is 12.6. The van der Waals surface area contributed by atoms with Gasteiger partial charge in [-0.25, -0.2) is 14.4 Å². The standard InChI is InChI=1S/C25H28Cl2FN7O2/c1-6-23(36)33-17-11-18(20(37-5)12-19(17)35(4)10-9-34(2)3)32-22-13-21(29-14-30-22)31-16-8-7-15(26)24(27)25(16)28/h6-8,11-14H,1,9-10H2,2-5H3,(H,33,36)(H2,29,30,31,32). The summed E-state index contributed by atoms with van der Waals surface area (Å²) < 4.78 is 20.1. The summed E-state index contributed by atoms with van der Waals surface area (Å²) in [6, 6.07) is 8.09. The predicted molar refractivity (Wildman–Crippen MR) is 149 cm³/mol. The van der Waals surface area contributed by atoms with E-state index >= 15 is 0 Å². The zero-order valence-corrected chi connectivity index (χ0v) is 22.4. The molecule has 1 amide bonds. The zero-order chi connectivity index (χ0) is 27.1. The Hall–Kier alpha value is -3.60. The second-order valence-electron chi connectivity index (χ2n) is 8.25. The van der Waals surface area contributed by atoms with Crippen molar-refractivity contribution < 1.29 is 13.9 Å². The highest BCUT2D eigenvalue weighted by atomic mass is 35.5. The van der Waals surface area contributed by atoms with E-state index in [1.165, 1.54) is 24.5 Å². The van der Waals surface area contributed by atoms with Crippen LogP contribution in [0.2, 0.25) is 10.0 Å². The number of aromatic nitrogens is 2. The number of likely N-dealkylation sites (N-methyl/N-ethyl adjacent to an activating group) is 2. The van der Waals surface area contributed by atoms with Crippen LogP contribution in [-0.4, -0.2) is 62.1 Å². The molecule has 1 heterocycles. The highest BCUT2D eigenvalue weighted by Gasteiger charge is 2.17. The molecule has 0 aliphatic carbocycles. The molecule has 3 rings (SSSR count). The van der Waals surface area contributed by atoms with Crippen LogP contribution < -0.4 is 25.6 Å². The van der Waals surface area contributed by atoms with Crippen molar-refractivity contribution in [1.82, 2.24) is 14.9 Å². The number of benzene rings is 2. The molecule has 0 saturated heterocycles. The summed E-state index contributed by atoms with van der Waals surface area (Å²) in [4.78, 5) is 24.6. The van der Waals surface area contributed by atoms with Crippen molar-refractivity contribution in [1.29, 1.82) is 0 Å². The number of ether oxygens (including phenoxy) is 1. The molecule has 2 aromatic carbocycles. The van der Waals surface area contributed by atoms with Gasteiger partial charge in [0.25, 0.3) is 0 Å². The van der Waals surface area contributed by atoms with E-state index in [0.29, 0.717) is 35.3 Å². The maximum absolute atomic E-state index is 14.5. The summed E-state index contributed by atoms with van der Waals surface area (Å²) in [5.41, 5.74) is 1.97. The molecular weight excluding hydrogens is 520 g/mol. The van der Waals surface area contributed by atoms with Gasteiger partial charge in [0.05, 0.1) is 39.9 Å². The van der Waals surface area contributed by atoms with Gasteiger partial charge in [0.2, 0.25) is 5.91 Å². The molecule has 0 aliphatic heterocycles. The smallest absolute Gasteiger partial charge is 0.247 e. The number of nitrogens with one attached hydrogen (secondary N) is 3. The van der Waals surface area contributed by atoms with Gasteiger partial charge in [-0.1, -0.05) is 29.8 Å². The lowest BCUT2D eigenvalue weighted by atomic mass is 10.2. The Balaban J connectivity index is 1.93. The van der Waals surface area contributed by atoms with Crippen molar-refractivity contribution in [2.45, 2.75) is 0 Å². The Kier molecular flexibility index (Phi) is 9.51. The number of carbonyl (C=O) groups is 1. The minimum absolute atomic E-state index is 0.108. The SMILES string of the molecule is C=CC(=O)Nc1cc(Nc2cc(Nc3ccc(Cl)c(Cl)c3F)ncn2)c(OC)cc1N(C)CCN(C)C. The highest BCUT2D eigenvalue weighted by Crippen LogP contribution is 2.38. The van der Waals surface area contributed by atoms with E-state index in [1.54, 1.807) is 19.2 Å². The molecule has 0 saturated carbocycles. The van der Waals surface area contributed by atoms with Gasteiger partial charge in [-0.2, -0.15) is 0 Å². The molecule has 3 aromatic rings. The number of carbonyl (C=O) groups excluding carboxylic acids is 1. The fourth-order valence-electron chi connectivity index (χ4n) is 3.30. The predicted octanol–water partition coefficient (Wildman–Crippen LogP) is 5.54. The van der Waals surface area contributed by atoms with Gasteiger partial charge in [0.15, 0.2) is 5.82 Å². The first-order valence-electron chi connectivity index (χ1n) is 11.1. The lowest BCUT2D eigenvalue weighted by molar-refractivity contribution is -0.111. The molecule has 196 valence electrons. The molecule has 0 atom stereocenters. The van der Waals surface area contributed by atoms with Gasteiger partial charge in [0, 0.05) is 32.3 Å². The second-order valence-corrected chi connectivity index (χ2v) is 9.03. The molecule has 1 aromatic heterocycles. The Morgan fingerprint density at radius 3 is 2.35 bits per heavy atom. The number of anilines is 6. The van der Waals surface area contributed by atoms with Crippen molar-refractivity contribution in [2.75, 3.05) is 62.2 Å². The number of halogens is 3. The summed E-state index contributed by atoms with van der Waals surface area (Å²) in [6.45, 7) is 5.06. The molecule has 37 heavy (non-hydrogen) atoms. The van der Waals surface area contributed by atoms with Crippen molar-refractivity contribution in [3.05, 3.63) is 65.2 Å². The normalized spacial score (nSPS) is 10.7. The molecule has 0 spiro atoms. The number of amides is 1. The van der Waals surface area contributed by atoms with Crippen LogP contribution in [0.4, 0.5) is 38.8 Å². The van der Waals surface area contributed by atoms with E-state index in [9.17, 15) is 9.18 Å². The molecule has 0 radical (unpaired) electrons. The average molecular weight is 548 g/mol. The van der Waals surface area contributed by atoms with Gasteiger partial charge in [0.1, 0.15) is 23.7 Å². The quantitative estimate of drug-likeness (QED) is 0.213. The number of hydrogen-bond acceptors (Lipinski definition) is 8. The maximum atomic E-state index is 14.5. The number of nitrogens with zero attached hydrogens (tertiary/aromatic N) is 4. The van der Waals surface area contributed by atoms with E-state index in [1.807, 2.05) is 32.1 Å². The molecule has 0 bridgehead atoms. The molecular formula is C25H28Cl2FN7O2. The third-order valence-electron chi connectivity index (χ3n) is 5.28. The van der Waals surface area contributed by atoms with E-state index in [4.69, 9.17) is 27.9 Å². The average Bonchev–Trinajstić information content (AvgIpc) is 2.88. The number of hydrogen-bond donors (Lipinski definition) is 3. The van der Waals surface area contributed by atoms with E-state index in [0.717, 1.165) is 12.2 Å². The van der Waals surface area contributed by atoms with Gasteiger partial charge >= 0.3 is 0 Å². The highest BCUT2D eigenvalue weighted by molar-refractivity contribution is 6.42. The zero-order valence-electron chi connectivity index (χ0n) is 20.9. The summed E-state index contributed by atoms with van der Waals surface area (Å²) in [6.07, 6.45) is 2.52. The minimum Gasteiger partial charge on any atom is -0.494 e. The number of rotatable bonds is 11. The number of methoxy groups -OCH3 is 1. The van der Waals surface area contributed by atoms with Crippen LogP contribution in [0.5, 0.6) is 5.75 Å². The monoisotopic (exact) mass is 547 g/mol. The van der Waals surface area contributed by atoms with E-state index in [2.05, 4.69) is 37.4 Å². The lowest BCUT2D eigenvalue weighted by Gasteiger charge is -2.26. The molecule has 3 N–H and O–H groups in total. The van der Waals surface area contributed by atoms with E-state index in [-0.39, 0.29) is 21.6 Å². The van der Waals surface area contributed by atoms with Crippen LogP contribution in [0.3, 0.4) is 0 Å². The summed E-state index contributed by atoms with van der Waals surface area (Å²) in [5.74, 6) is 0.183. The Bertz CT molecular complexity index is 1290. The van der Waals surface area contributed by atoms with Crippen molar-refractivity contribution in [3.8, 4) is 5.75 Å². The van der Waals surface area contributed by atoms with Crippen LogP contribution in [0.15, 0.2) is 49.3 Å². The third-order valence-corrected chi connectivity index (χ3v) is 6.06. The first-order valence-corrected chi connectivity index (χ1v) is 11.9. The van der Waals surface area contributed by atoms with Crippen LogP contribution in [0, 0.1) is 5.82 Å². The topological polar surface area (TPSA) is 94.7 Å². The van der Waals surface area contributed by atoms with Crippen LogP contribution >= 0.6 is 23.2 Å². The minimum atomic E-state index is -0.694. The van der Waals surface area contributed by atoms with Crippen LogP contribution in [0.25, 0.3) is 0 Å². The fraction of sp³-hybridized carbons (Fsp3) is 0.240. The van der Waals surface area contributed by atoms with Crippen molar-refractivity contribution in [3.63, 3.8) is 0 Å². The first-order chi connectivity index (χ1) is 17.6. The van der Waals surface area contributed by atoms with Gasteiger partial charge in [-0.15, -0.1) is 0 Å². The molecule has 0 aliphatic rings. The van der Waals surface area contributed by atoms with Gasteiger partial charge < -0.3 is 30.5 Å². The lowest BCUT2D eigenvalue weighted by Crippen LogP contribution is -2.29.